The van der Waals surface area contributed by atoms with Gasteiger partial charge in [-0.3, -0.25) is 0 Å². The van der Waals surface area contributed by atoms with Gasteiger partial charge in [-0.05, 0) is 66.0 Å². The maximum absolute atomic E-state index is 12.1. The molecule has 11 heteroatoms. The van der Waals surface area contributed by atoms with Crippen LogP contribution in [0.2, 0.25) is 0 Å². The molecule has 1 fully saturated rings. The van der Waals surface area contributed by atoms with E-state index in [-0.39, 0.29) is 4.91 Å². The molecule has 35 heavy (non-hydrogen) atoms. The summed E-state index contributed by atoms with van der Waals surface area (Å²) in [4.78, 5) is 14.4. The normalized spacial score (nSPS) is 14.3. The van der Waals surface area contributed by atoms with Gasteiger partial charge in [-0.2, -0.15) is 0 Å². The smallest absolute Gasteiger partial charge is 0.342 e. The highest BCUT2D eigenvalue weighted by molar-refractivity contribution is 9.10. The highest BCUT2D eigenvalue weighted by Crippen LogP contribution is 2.36. The van der Waals surface area contributed by atoms with Crippen molar-refractivity contribution in [2.45, 2.75) is 37.9 Å². The second-order valence-electron chi connectivity index (χ2n) is 7.92. The van der Waals surface area contributed by atoms with E-state index in [1.54, 1.807) is 26.4 Å². The number of anilines is 1. The van der Waals surface area contributed by atoms with Crippen molar-refractivity contribution in [2.24, 2.45) is 0 Å². The molecular weight excluding hydrogens is 536 g/mol. The number of carboxylic acids is 1. The molecule has 186 valence electrons. The summed E-state index contributed by atoms with van der Waals surface area (Å²) in [6.45, 7) is 4.34. The van der Waals surface area contributed by atoms with Gasteiger partial charge in [0, 0.05) is 43.4 Å². The van der Waals surface area contributed by atoms with Gasteiger partial charge in [-0.25, -0.2) is 4.79 Å². The van der Waals surface area contributed by atoms with Crippen molar-refractivity contribution in [1.29, 1.82) is 0 Å². The van der Waals surface area contributed by atoms with Crippen molar-refractivity contribution in [2.75, 3.05) is 32.2 Å². The van der Waals surface area contributed by atoms with Crippen LogP contribution in [0.4, 0.5) is 5.88 Å². The fraction of sp³-hybridized carbons (Fsp3) is 0.375. The Kier molecular flexibility index (Phi) is 8.07. The van der Waals surface area contributed by atoms with Gasteiger partial charge < -0.3 is 28.5 Å². The van der Waals surface area contributed by atoms with Gasteiger partial charge in [0.1, 0.15) is 22.2 Å². The molecule has 0 unspecified atom stereocenters. The van der Waals surface area contributed by atoms with E-state index < -0.39 is 5.97 Å². The summed E-state index contributed by atoms with van der Waals surface area (Å²) in [5.74, 6) is 1.96. The SMILES string of the molecule is CCn1c(S/C(=C\c2cc(Br)c(N3CCCCC3)o2)C(=O)O)nnc1-c1cc(OC)cc(OC)c1. The third-order valence-electron chi connectivity index (χ3n) is 5.66. The zero-order chi connectivity index (χ0) is 24.9. The molecule has 0 saturated carbocycles. The summed E-state index contributed by atoms with van der Waals surface area (Å²) in [7, 11) is 3.16. The first kappa shape index (κ1) is 25.2. The van der Waals surface area contributed by atoms with E-state index in [1.807, 2.05) is 23.6 Å². The number of ether oxygens (including phenoxy) is 2. The molecule has 0 bridgehead atoms. The Balaban J connectivity index is 1.64. The van der Waals surface area contributed by atoms with Crippen molar-refractivity contribution >= 4 is 45.6 Å². The second kappa shape index (κ2) is 11.2. The van der Waals surface area contributed by atoms with Crippen molar-refractivity contribution in [3.8, 4) is 22.9 Å². The Bertz CT molecular complexity index is 1210. The molecule has 1 aliphatic rings. The van der Waals surface area contributed by atoms with Crippen LogP contribution in [0.15, 0.2) is 43.2 Å². The van der Waals surface area contributed by atoms with E-state index in [2.05, 4.69) is 31.0 Å². The average molecular weight is 563 g/mol. The molecule has 0 aliphatic carbocycles. The number of halogens is 1. The van der Waals surface area contributed by atoms with Crippen molar-refractivity contribution in [3.63, 3.8) is 0 Å². The number of nitrogens with zero attached hydrogens (tertiary/aromatic N) is 4. The Hall–Kier alpha value is -2.92. The lowest BCUT2D eigenvalue weighted by Crippen LogP contribution is -2.29. The number of rotatable bonds is 9. The monoisotopic (exact) mass is 562 g/mol. The van der Waals surface area contributed by atoms with Crippen LogP contribution in [0.25, 0.3) is 17.5 Å². The standard InChI is InChI=1S/C24H27BrN4O5S/c1-4-29-21(15-10-16(32-2)12-17(11-15)33-3)26-27-24(29)35-20(23(30)31)14-18-13-19(25)22(34-18)28-8-6-5-7-9-28/h10-14H,4-9H2,1-3H3,(H,30,31)/b20-14-. The zero-order valence-electron chi connectivity index (χ0n) is 19.8. The van der Waals surface area contributed by atoms with Crippen LogP contribution in [0.5, 0.6) is 11.5 Å². The molecule has 0 atom stereocenters. The molecule has 3 heterocycles. The molecule has 3 aromatic rings. The molecule has 1 N–H and O–H groups in total. The maximum Gasteiger partial charge on any atom is 0.342 e. The number of benzene rings is 1. The van der Waals surface area contributed by atoms with E-state index in [4.69, 9.17) is 13.9 Å². The third-order valence-corrected chi connectivity index (χ3v) is 7.22. The number of furan rings is 1. The summed E-state index contributed by atoms with van der Waals surface area (Å²) in [5.41, 5.74) is 0.754. The molecular formula is C24H27BrN4O5S. The van der Waals surface area contributed by atoms with Crippen LogP contribution in [0.1, 0.15) is 31.9 Å². The summed E-state index contributed by atoms with van der Waals surface area (Å²) in [6, 6.07) is 7.25. The van der Waals surface area contributed by atoms with E-state index in [1.165, 1.54) is 12.5 Å². The summed E-state index contributed by atoms with van der Waals surface area (Å²) < 4.78 is 19.4. The molecule has 0 spiro atoms. The minimum Gasteiger partial charge on any atom is -0.497 e. The first-order chi connectivity index (χ1) is 16.9. The van der Waals surface area contributed by atoms with Crippen LogP contribution in [-0.4, -0.2) is 53.1 Å². The van der Waals surface area contributed by atoms with Crippen LogP contribution in [0.3, 0.4) is 0 Å². The third kappa shape index (κ3) is 5.67. The zero-order valence-corrected chi connectivity index (χ0v) is 22.2. The Labute approximate surface area is 216 Å². The minimum absolute atomic E-state index is 0.0771. The topological polar surface area (TPSA) is 103 Å². The van der Waals surface area contributed by atoms with Gasteiger partial charge in [0.2, 0.25) is 5.88 Å². The fourth-order valence-electron chi connectivity index (χ4n) is 3.92. The lowest BCUT2D eigenvalue weighted by atomic mass is 10.1. The first-order valence-corrected chi connectivity index (χ1v) is 12.9. The van der Waals surface area contributed by atoms with Gasteiger partial charge in [0.25, 0.3) is 0 Å². The van der Waals surface area contributed by atoms with E-state index in [0.717, 1.165) is 53.6 Å². The quantitative estimate of drug-likeness (QED) is 0.265. The van der Waals surface area contributed by atoms with Gasteiger partial charge >= 0.3 is 5.97 Å². The van der Waals surface area contributed by atoms with Gasteiger partial charge in [-0.1, -0.05) is 0 Å². The number of piperidine rings is 1. The van der Waals surface area contributed by atoms with Crippen LogP contribution >= 0.6 is 27.7 Å². The van der Waals surface area contributed by atoms with Crippen LogP contribution in [-0.2, 0) is 11.3 Å². The molecule has 0 amide bonds. The number of aliphatic carboxylic acids is 1. The highest BCUT2D eigenvalue weighted by Gasteiger charge is 2.22. The first-order valence-electron chi connectivity index (χ1n) is 11.3. The molecule has 2 aromatic heterocycles. The number of aromatic nitrogens is 3. The van der Waals surface area contributed by atoms with Crippen molar-refractivity contribution in [1.82, 2.24) is 14.8 Å². The van der Waals surface area contributed by atoms with Gasteiger partial charge in [0.15, 0.2) is 11.0 Å². The number of hydrogen-bond acceptors (Lipinski definition) is 8. The van der Waals surface area contributed by atoms with E-state index in [0.29, 0.717) is 34.8 Å². The van der Waals surface area contributed by atoms with Gasteiger partial charge in [0.05, 0.1) is 18.7 Å². The maximum atomic E-state index is 12.1. The fourth-order valence-corrected chi connectivity index (χ4v) is 5.35. The number of thioether (sulfide) groups is 1. The summed E-state index contributed by atoms with van der Waals surface area (Å²) >= 11 is 4.58. The lowest BCUT2D eigenvalue weighted by Gasteiger charge is -2.26. The molecule has 0 radical (unpaired) electrons. The molecule has 1 aromatic carbocycles. The number of methoxy groups -OCH3 is 2. The predicted octanol–water partition coefficient (Wildman–Crippen LogP) is 5.55. The number of carboxylic acid groups (broad SMARTS) is 1. The van der Waals surface area contributed by atoms with Crippen molar-refractivity contribution in [3.05, 3.63) is 39.4 Å². The molecule has 9 nitrogen and oxygen atoms in total. The van der Waals surface area contributed by atoms with E-state index in [9.17, 15) is 9.90 Å². The molecule has 1 aliphatic heterocycles. The van der Waals surface area contributed by atoms with Crippen LogP contribution in [0, 0.1) is 0 Å². The van der Waals surface area contributed by atoms with Gasteiger partial charge in [-0.15, -0.1) is 10.2 Å². The Morgan fingerprint density at radius 1 is 1.14 bits per heavy atom. The predicted molar refractivity (Wildman–Crippen MR) is 138 cm³/mol. The van der Waals surface area contributed by atoms with Crippen molar-refractivity contribution < 1.29 is 23.8 Å². The average Bonchev–Trinajstić information content (AvgIpc) is 3.46. The van der Waals surface area contributed by atoms with Crippen LogP contribution < -0.4 is 14.4 Å². The largest absolute Gasteiger partial charge is 0.497 e. The lowest BCUT2D eigenvalue weighted by molar-refractivity contribution is -0.131. The molecule has 1 saturated heterocycles. The second-order valence-corrected chi connectivity index (χ2v) is 9.78. The minimum atomic E-state index is -1.07. The number of carbonyl (C=O) groups is 1. The Morgan fingerprint density at radius 3 is 2.43 bits per heavy atom. The summed E-state index contributed by atoms with van der Waals surface area (Å²) in [5, 5.41) is 19.0. The highest BCUT2D eigenvalue weighted by atomic mass is 79.9. The Morgan fingerprint density at radius 2 is 1.83 bits per heavy atom. The number of hydrogen-bond donors (Lipinski definition) is 1. The summed E-state index contributed by atoms with van der Waals surface area (Å²) in [6.07, 6.45) is 4.96. The molecule has 4 rings (SSSR count). The van der Waals surface area contributed by atoms with E-state index >= 15 is 0 Å².